The maximum absolute atomic E-state index is 5.63. The standard InChI is InChI=1S/C14H19N5O/c1-11-14(2,8-9-20-11)15-10-13-16-17-18-19(13)12-6-4-3-5-7-12/h3-7,11,15H,8-10H2,1-2H3. The van der Waals surface area contributed by atoms with E-state index >= 15 is 0 Å². The third-order valence-electron chi connectivity index (χ3n) is 4.07. The zero-order chi connectivity index (χ0) is 14.0. The minimum absolute atomic E-state index is 0.0204. The van der Waals surface area contributed by atoms with Gasteiger partial charge in [-0.05, 0) is 42.8 Å². The van der Waals surface area contributed by atoms with Gasteiger partial charge in [-0.1, -0.05) is 18.2 Å². The van der Waals surface area contributed by atoms with Crippen LogP contribution in [-0.4, -0.2) is 38.5 Å². The van der Waals surface area contributed by atoms with Gasteiger partial charge in [0.1, 0.15) is 0 Å². The molecule has 1 aromatic heterocycles. The molecule has 0 saturated carbocycles. The summed E-state index contributed by atoms with van der Waals surface area (Å²) in [4.78, 5) is 0. The Morgan fingerprint density at radius 1 is 1.40 bits per heavy atom. The molecule has 0 bridgehead atoms. The molecule has 2 atom stereocenters. The first-order valence-corrected chi connectivity index (χ1v) is 6.88. The second-order valence-corrected chi connectivity index (χ2v) is 5.38. The summed E-state index contributed by atoms with van der Waals surface area (Å²) in [6, 6.07) is 9.90. The fraction of sp³-hybridized carbons (Fsp3) is 0.500. The van der Waals surface area contributed by atoms with Crippen LogP contribution >= 0.6 is 0 Å². The van der Waals surface area contributed by atoms with Gasteiger partial charge in [0.25, 0.3) is 0 Å². The SMILES string of the molecule is CC1OCCC1(C)NCc1nnnn1-c1ccccc1. The smallest absolute Gasteiger partial charge is 0.170 e. The normalized spacial score (nSPS) is 26.0. The summed E-state index contributed by atoms with van der Waals surface area (Å²) < 4.78 is 7.39. The van der Waals surface area contributed by atoms with Gasteiger partial charge >= 0.3 is 0 Å². The van der Waals surface area contributed by atoms with Gasteiger partial charge in [0.2, 0.25) is 0 Å². The molecular weight excluding hydrogens is 254 g/mol. The van der Waals surface area contributed by atoms with Crippen molar-refractivity contribution in [2.75, 3.05) is 6.61 Å². The molecular formula is C14H19N5O. The highest BCUT2D eigenvalue weighted by atomic mass is 16.5. The number of nitrogens with one attached hydrogen (secondary N) is 1. The highest BCUT2D eigenvalue weighted by Gasteiger charge is 2.36. The van der Waals surface area contributed by atoms with Crippen LogP contribution in [0.2, 0.25) is 0 Å². The van der Waals surface area contributed by atoms with E-state index in [2.05, 4.69) is 34.7 Å². The van der Waals surface area contributed by atoms with Crippen molar-refractivity contribution in [3.05, 3.63) is 36.2 Å². The van der Waals surface area contributed by atoms with Gasteiger partial charge in [0.05, 0.1) is 18.3 Å². The van der Waals surface area contributed by atoms with E-state index in [1.165, 1.54) is 0 Å². The van der Waals surface area contributed by atoms with Crippen molar-refractivity contribution < 1.29 is 4.74 Å². The van der Waals surface area contributed by atoms with E-state index in [0.29, 0.717) is 6.54 Å². The first-order valence-electron chi connectivity index (χ1n) is 6.88. The Hall–Kier alpha value is -1.79. The quantitative estimate of drug-likeness (QED) is 0.910. The van der Waals surface area contributed by atoms with E-state index in [-0.39, 0.29) is 11.6 Å². The second kappa shape index (κ2) is 5.30. The lowest BCUT2D eigenvalue weighted by Gasteiger charge is -2.28. The number of hydrogen-bond acceptors (Lipinski definition) is 5. The largest absolute Gasteiger partial charge is 0.377 e. The van der Waals surface area contributed by atoms with Crippen LogP contribution in [0.4, 0.5) is 0 Å². The van der Waals surface area contributed by atoms with Crippen molar-refractivity contribution in [3.8, 4) is 5.69 Å². The highest BCUT2D eigenvalue weighted by Crippen LogP contribution is 2.25. The van der Waals surface area contributed by atoms with Crippen LogP contribution in [0.15, 0.2) is 30.3 Å². The molecule has 0 amide bonds. The van der Waals surface area contributed by atoms with Gasteiger partial charge in [-0.15, -0.1) is 5.10 Å². The molecule has 2 heterocycles. The average molecular weight is 273 g/mol. The minimum atomic E-state index is -0.0204. The average Bonchev–Trinajstić information content (AvgIpc) is 3.06. The van der Waals surface area contributed by atoms with Gasteiger partial charge in [0, 0.05) is 12.1 Å². The first kappa shape index (κ1) is 13.2. The number of benzene rings is 1. The lowest BCUT2D eigenvalue weighted by Crippen LogP contribution is -2.47. The zero-order valence-corrected chi connectivity index (χ0v) is 11.8. The monoisotopic (exact) mass is 273 g/mol. The maximum Gasteiger partial charge on any atom is 0.170 e. The summed E-state index contributed by atoms with van der Waals surface area (Å²) in [5.74, 6) is 0.802. The highest BCUT2D eigenvalue weighted by molar-refractivity contribution is 5.30. The lowest BCUT2D eigenvalue weighted by molar-refractivity contribution is 0.0878. The summed E-state index contributed by atoms with van der Waals surface area (Å²) in [6.45, 7) is 5.70. The molecule has 1 N–H and O–H groups in total. The van der Waals surface area contributed by atoms with E-state index < -0.39 is 0 Å². The Labute approximate surface area is 118 Å². The molecule has 106 valence electrons. The Morgan fingerprint density at radius 3 is 2.90 bits per heavy atom. The number of ether oxygens (including phenoxy) is 1. The van der Waals surface area contributed by atoms with Crippen molar-refractivity contribution in [2.45, 2.75) is 38.5 Å². The molecule has 1 aliphatic heterocycles. The van der Waals surface area contributed by atoms with Crippen LogP contribution in [0.25, 0.3) is 5.69 Å². The summed E-state index contributed by atoms with van der Waals surface area (Å²) in [5.41, 5.74) is 0.947. The topological polar surface area (TPSA) is 64.9 Å². The van der Waals surface area contributed by atoms with Crippen molar-refractivity contribution >= 4 is 0 Å². The van der Waals surface area contributed by atoms with Crippen molar-refractivity contribution in [2.24, 2.45) is 0 Å². The van der Waals surface area contributed by atoms with Gasteiger partial charge in [-0.2, -0.15) is 4.68 Å². The first-order chi connectivity index (χ1) is 9.69. The van der Waals surface area contributed by atoms with Crippen LogP contribution in [0.1, 0.15) is 26.1 Å². The van der Waals surface area contributed by atoms with Crippen LogP contribution in [0.3, 0.4) is 0 Å². The number of tetrazole rings is 1. The van der Waals surface area contributed by atoms with E-state index in [1.807, 2.05) is 30.3 Å². The Balaban J connectivity index is 1.75. The second-order valence-electron chi connectivity index (χ2n) is 5.38. The molecule has 1 aliphatic rings. The van der Waals surface area contributed by atoms with E-state index in [9.17, 15) is 0 Å². The predicted molar refractivity (Wildman–Crippen MR) is 74.4 cm³/mol. The number of hydrogen-bond donors (Lipinski definition) is 1. The molecule has 2 unspecified atom stereocenters. The summed E-state index contributed by atoms with van der Waals surface area (Å²) in [5, 5.41) is 15.5. The van der Waals surface area contributed by atoms with Gasteiger partial charge in [-0.3, -0.25) is 0 Å². The fourth-order valence-corrected chi connectivity index (χ4v) is 2.43. The van der Waals surface area contributed by atoms with Crippen LogP contribution in [-0.2, 0) is 11.3 Å². The van der Waals surface area contributed by atoms with Gasteiger partial charge in [-0.25, -0.2) is 0 Å². The Kier molecular flexibility index (Phi) is 3.50. The molecule has 6 heteroatoms. The van der Waals surface area contributed by atoms with Crippen molar-refractivity contribution in [1.29, 1.82) is 0 Å². The number of para-hydroxylation sites is 1. The Morgan fingerprint density at radius 2 is 2.20 bits per heavy atom. The van der Waals surface area contributed by atoms with Crippen molar-refractivity contribution in [1.82, 2.24) is 25.5 Å². The van der Waals surface area contributed by atoms with E-state index in [4.69, 9.17) is 4.74 Å². The molecule has 20 heavy (non-hydrogen) atoms. The summed E-state index contributed by atoms with van der Waals surface area (Å²) in [7, 11) is 0. The molecule has 0 radical (unpaired) electrons. The molecule has 1 fully saturated rings. The lowest BCUT2D eigenvalue weighted by atomic mass is 9.95. The molecule has 2 aromatic rings. The van der Waals surface area contributed by atoms with E-state index in [0.717, 1.165) is 24.5 Å². The van der Waals surface area contributed by atoms with Crippen molar-refractivity contribution in [3.63, 3.8) is 0 Å². The fourth-order valence-electron chi connectivity index (χ4n) is 2.43. The third kappa shape index (κ3) is 2.44. The van der Waals surface area contributed by atoms with E-state index in [1.54, 1.807) is 4.68 Å². The molecule has 0 spiro atoms. The molecule has 6 nitrogen and oxygen atoms in total. The molecule has 1 saturated heterocycles. The van der Waals surface area contributed by atoms with Gasteiger partial charge < -0.3 is 10.1 Å². The molecule has 0 aliphatic carbocycles. The number of aromatic nitrogens is 4. The van der Waals surface area contributed by atoms with Crippen LogP contribution < -0.4 is 5.32 Å². The molecule has 3 rings (SSSR count). The maximum atomic E-state index is 5.63. The molecule has 1 aromatic carbocycles. The third-order valence-corrected chi connectivity index (χ3v) is 4.07. The predicted octanol–water partition coefficient (Wildman–Crippen LogP) is 1.32. The minimum Gasteiger partial charge on any atom is -0.377 e. The van der Waals surface area contributed by atoms with Crippen LogP contribution in [0, 0.1) is 0 Å². The van der Waals surface area contributed by atoms with Gasteiger partial charge in [0.15, 0.2) is 5.82 Å². The zero-order valence-electron chi connectivity index (χ0n) is 11.8. The summed E-state index contributed by atoms with van der Waals surface area (Å²) >= 11 is 0. The number of nitrogens with zero attached hydrogens (tertiary/aromatic N) is 4. The number of rotatable bonds is 4. The summed E-state index contributed by atoms with van der Waals surface area (Å²) in [6.07, 6.45) is 1.20. The Bertz CT molecular complexity index is 570. The van der Waals surface area contributed by atoms with Crippen LogP contribution in [0.5, 0.6) is 0 Å².